The van der Waals surface area contributed by atoms with E-state index < -0.39 is 0 Å². The lowest BCUT2D eigenvalue weighted by Gasteiger charge is -2.10. The van der Waals surface area contributed by atoms with Crippen molar-refractivity contribution in [1.29, 1.82) is 0 Å². The lowest BCUT2D eigenvalue weighted by atomic mass is 10.2. The smallest absolute Gasteiger partial charge is 0.0824 e. The number of hydrogen-bond acceptors (Lipinski definition) is 3. The normalized spacial score (nSPS) is 10.1. The SMILES string of the molecule is Nc1ccc(Cl)c(Nc2ccncc2Cl)c1. The third-order valence-corrected chi connectivity index (χ3v) is 2.66. The van der Waals surface area contributed by atoms with E-state index in [0.717, 1.165) is 11.4 Å². The summed E-state index contributed by atoms with van der Waals surface area (Å²) in [5, 5.41) is 4.21. The molecule has 1 aromatic heterocycles. The Balaban J connectivity index is 2.34. The van der Waals surface area contributed by atoms with Gasteiger partial charge in [0.2, 0.25) is 0 Å². The van der Waals surface area contributed by atoms with Crippen LogP contribution < -0.4 is 11.1 Å². The van der Waals surface area contributed by atoms with Crippen LogP contribution in [0.1, 0.15) is 0 Å². The zero-order chi connectivity index (χ0) is 11.5. The molecule has 82 valence electrons. The van der Waals surface area contributed by atoms with Crippen molar-refractivity contribution in [3.63, 3.8) is 0 Å². The molecule has 0 saturated carbocycles. The minimum absolute atomic E-state index is 0.529. The summed E-state index contributed by atoms with van der Waals surface area (Å²) in [7, 11) is 0. The number of aromatic nitrogens is 1. The summed E-state index contributed by atoms with van der Waals surface area (Å²) in [6.45, 7) is 0. The zero-order valence-electron chi connectivity index (χ0n) is 8.24. The van der Waals surface area contributed by atoms with Gasteiger partial charge in [-0.2, -0.15) is 0 Å². The number of pyridine rings is 1. The first-order valence-corrected chi connectivity index (χ1v) is 5.34. The topological polar surface area (TPSA) is 50.9 Å². The highest BCUT2D eigenvalue weighted by Gasteiger charge is 2.04. The lowest BCUT2D eigenvalue weighted by molar-refractivity contribution is 1.32. The number of nitrogens with two attached hydrogens (primary N) is 1. The van der Waals surface area contributed by atoms with E-state index in [1.165, 1.54) is 0 Å². The van der Waals surface area contributed by atoms with Gasteiger partial charge in [0.1, 0.15) is 0 Å². The van der Waals surface area contributed by atoms with Crippen LogP contribution in [0.3, 0.4) is 0 Å². The van der Waals surface area contributed by atoms with Gasteiger partial charge in [0.05, 0.1) is 21.4 Å². The van der Waals surface area contributed by atoms with Crippen LogP contribution in [0.5, 0.6) is 0 Å². The Morgan fingerprint density at radius 2 is 1.88 bits per heavy atom. The van der Waals surface area contributed by atoms with Crippen LogP contribution in [0.25, 0.3) is 0 Å². The van der Waals surface area contributed by atoms with Gasteiger partial charge in [0.15, 0.2) is 0 Å². The first kappa shape index (κ1) is 11.0. The molecule has 2 aromatic rings. The molecule has 0 aliphatic heterocycles. The Morgan fingerprint density at radius 3 is 2.62 bits per heavy atom. The second-order valence-electron chi connectivity index (χ2n) is 3.22. The molecule has 2 rings (SSSR count). The summed E-state index contributed by atoms with van der Waals surface area (Å²) in [4.78, 5) is 3.90. The highest BCUT2D eigenvalue weighted by atomic mass is 35.5. The number of rotatable bonds is 2. The molecule has 1 aromatic carbocycles. The Bertz CT molecular complexity index is 514. The van der Waals surface area contributed by atoms with Gasteiger partial charge in [-0.1, -0.05) is 23.2 Å². The molecule has 0 spiro atoms. The molecule has 5 heteroatoms. The largest absolute Gasteiger partial charge is 0.399 e. The summed E-state index contributed by atoms with van der Waals surface area (Å²) in [6, 6.07) is 6.98. The van der Waals surface area contributed by atoms with E-state index in [1.54, 1.807) is 36.7 Å². The minimum atomic E-state index is 0.529. The zero-order valence-corrected chi connectivity index (χ0v) is 9.76. The molecule has 0 aliphatic carbocycles. The van der Waals surface area contributed by atoms with Crippen LogP contribution in [-0.4, -0.2) is 4.98 Å². The van der Waals surface area contributed by atoms with E-state index in [0.29, 0.717) is 15.7 Å². The lowest BCUT2D eigenvalue weighted by Crippen LogP contribution is -1.94. The van der Waals surface area contributed by atoms with Gasteiger partial charge in [-0.05, 0) is 24.3 Å². The molecule has 3 nitrogen and oxygen atoms in total. The van der Waals surface area contributed by atoms with Gasteiger partial charge in [0.25, 0.3) is 0 Å². The van der Waals surface area contributed by atoms with E-state index in [1.807, 2.05) is 0 Å². The average Bonchev–Trinajstić information content (AvgIpc) is 2.27. The molecule has 3 N–H and O–H groups in total. The number of hydrogen-bond donors (Lipinski definition) is 2. The van der Waals surface area contributed by atoms with Gasteiger partial charge in [-0.25, -0.2) is 0 Å². The van der Waals surface area contributed by atoms with Crippen LogP contribution in [-0.2, 0) is 0 Å². The summed E-state index contributed by atoms with van der Waals surface area (Å²) in [6.07, 6.45) is 3.21. The monoisotopic (exact) mass is 253 g/mol. The Kier molecular flexibility index (Phi) is 3.17. The van der Waals surface area contributed by atoms with Gasteiger partial charge in [0, 0.05) is 18.1 Å². The van der Waals surface area contributed by atoms with Crippen LogP contribution >= 0.6 is 23.2 Å². The van der Waals surface area contributed by atoms with Gasteiger partial charge in [-0.3, -0.25) is 4.98 Å². The highest BCUT2D eigenvalue weighted by molar-refractivity contribution is 6.34. The van der Waals surface area contributed by atoms with E-state index >= 15 is 0 Å². The van der Waals surface area contributed by atoms with Gasteiger partial charge >= 0.3 is 0 Å². The van der Waals surface area contributed by atoms with Gasteiger partial charge in [-0.15, -0.1) is 0 Å². The molecule has 1 heterocycles. The predicted octanol–water partition coefficient (Wildman–Crippen LogP) is 3.71. The van der Waals surface area contributed by atoms with E-state index in [9.17, 15) is 0 Å². The quantitative estimate of drug-likeness (QED) is 0.803. The number of nitrogen functional groups attached to an aromatic ring is 1. The number of anilines is 3. The Morgan fingerprint density at radius 1 is 1.06 bits per heavy atom. The molecule has 0 bridgehead atoms. The van der Waals surface area contributed by atoms with Crippen LogP contribution in [0.15, 0.2) is 36.7 Å². The Hall–Kier alpha value is -1.45. The number of nitrogens with one attached hydrogen (secondary N) is 1. The first-order chi connectivity index (χ1) is 7.66. The molecule has 0 atom stereocenters. The molecule has 0 radical (unpaired) electrons. The summed E-state index contributed by atoms with van der Waals surface area (Å²) < 4.78 is 0. The predicted molar refractivity (Wildman–Crippen MR) is 68.4 cm³/mol. The van der Waals surface area contributed by atoms with Crippen molar-refractivity contribution in [2.24, 2.45) is 0 Å². The van der Waals surface area contributed by atoms with E-state index in [-0.39, 0.29) is 0 Å². The molecule has 0 amide bonds. The van der Waals surface area contributed by atoms with Crippen molar-refractivity contribution in [2.75, 3.05) is 11.1 Å². The van der Waals surface area contributed by atoms with Crippen molar-refractivity contribution in [1.82, 2.24) is 4.98 Å². The van der Waals surface area contributed by atoms with Crippen molar-refractivity contribution in [2.45, 2.75) is 0 Å². The minimum Gasteiger partial charge on any atom is -0.399 e. The fourth-order valence-corrected chi connectivity index (χ4v) is 1.59. The van der Waals surface area contributed by atoms with Crippen molar-refractivity contribution in [3.8, 4) is 0 Å². The van der Waals surface area contributed by atoms with Crippen LogP contribution in [0.4, 0.5) is 17.1 Å². The molecule has 0 unspecified atom stereocenters. The molecule has 16 heavy (non-hydrogen) atoms. The molecule has 0 fully saturated rings. The highest BCUT2D eigenvalue weighted by Crippen LogP contribution is 2.30. The molecule has 0 aliphatic rings. The molecule has 0 saturated heterocycles. The molecular weight excluding hydrogens is 245 g/mol. The number of benzene rings is 1. The fraction of sp³-hybridized carbons (Fsp3) is 0. The second kappa shape index (κ2) is 4.60. The van der Waals surface area contributed by atoms with Crippen LogP contribution in [0.2, 0.25) is 10.0 Å². The summed E-state index contributed by atoms with van der Waals surface area (Å²) >= 11 is 12.0. The first-order valence-electron chi connectivity index (χ1n) is 4.58. The standard InChI is InChI=1S/C11H9Cl2N3/c12-8-2-1-7(14)5-11(8)16-10-3-4-15-6-9(10)13/h1-6H,14H2,(H,15,16). The van der Waals surface area contributed by atoms with E-state index in [4.69, 9.17) is 28.9 Å². The maximum absolute atomic E-state index is 6.02. The summed E-state index contributed by atoms with van der Waals surface area (Å²) in [5.41, 5.74) is 7.77. The number of halogens is 2. The maximum atomic E-state index is 6.02. The number of nitrogens with zero attached hydrogens (tertiary/aromatic N) is 1. The maximum Gasteiger partial charge on any atom is 0.0824 e. The third kappa shape index (κ3) is 2.38. The summed E-state index contributed by atoms with van der Waals surface area (Å²) in [5.74, 6) is 0. The van der Waals surface area contributed by atoms with Crippen molar-refractivity contribution in [3.05, 3.63) is 46.7 Å². The van der Waals surface area contributed by atoms with Crippen molar-refractivity contribution < 1.29 is 0 Å². The third-order valence-electron chi connectivity index (χ3n) is 2.03. The van der Waals surface area contributed by atoms with Crippen LogP contribution in [0, 0.1) is 0 Å². The Labute approximate surface area is 103 Å². The van der Waals surface area contributed by atoms with E-state index in [2.05, 4.69) is 10.3 Å². The fourth-order valence-electron chi connectivity index (χ4n) is 1.26. The van der Waals surface area contributed by atoms with Crippen molar-refractivity contribution >= 4 is 40.3 Å². The van der Waals surface area contributed by atoms with Gasteiger partial charge < -0.3 is 11.1 Å². The second-order valence-corrected chi connectivity index (χ2v) is 4.03. The molecular formula is C11H9Cl2N3. The average molecular weight is 254 g/mol.